The van der Waals surface area contributed by atoms with Crippen LogP contribution in [0.15, 0.2) is 48.7 Å². The zero-order chi connectivity index (χ0) is 17.5. The lowest BCUT2D eigenvalue weighted by Crippen LogP contribution is -2.35. The van der Waals surface area contributed by atoms with E-state index >= 15 is 0 Å². The summed E-state index contributed by atoms with van der Waals surface area (Å²) >= 11 is 0. The molecule has 0 bridgehead atoms. The van der Waals surface area contributed by atoms with Crippen molar-refractivity contribution in [2.24, 2.45) is 0 Å². The molecule has 0 saturated carbocycles. The SMILES string of the molecule is O=C(c1ccc(N2CCCC2)nc1)N(CCO)CCc1ccccc1. The summed E-state index contributed by atoms with van der Waals surface area (Å²) < 4.78 is 0. The molecule has 1 aliphatic rings. The standard InChI is InChI=1S/C20H25N3O2/c24-15-14-23(13-10-17-6-2-1-3-7-17)20(25)18-8-9-19(21-16-18)22-11-4-5-12-22/h1-3,6-9,16,24H,4-5,10-15H2. The van der Waals surface area contributed by atoms with Gasteiger partial charge in [-0.2, -0.15) is 0 Å². The van der Waals surface area contributed by atoms with Gasteiger partial charge in [0.25, 0.3) is 5.91 Å². The van der Waals surface area contributed by atoms with Crippen LogP contribution in [0.4, 0.5) is 5.82 Å². The number of carbonyl (C=O) groups excluding carboxylic acids is 1. The summed E-state index contributed by atoms with van der Waals surface area (Å²) in [5.41, 5.74) is 1.75. The molecule has 1 aliphatic heterocycles. The lowest BCUT2D eigenvalue weighted by Gasteiger charge is -2.22. The number of amides is 1. The van der Waals surface area contributed by atoms with Crippen molar-refractivity contribution in [3.8, 4) is 0 Å². The predicted octanol–water partition coefficient (Wildman–Crippen LogP) is 2.36. The second kappa shape index (κ2) is 8.62. The molecule has 1 saturated heterocycles. The fourth-order valence-corrected chi connectivity index (χ4v) is 3.17. The monoisotopic (exact) mass is 339 g/mol. The number of anilines is 1. The van der Waals surface area contributed by atoms with Crippen LogP contribution in [0.3, 0.4) is 0 Å². The van der Waals surface area contributed by atoms with Gasteiger partial charge in [-0.25, -0.2) is 4.98 Å². The van der Waals surface area contributed by atoms with E-state index in [4.69, 9.17) is 0 Å². The van der Waals surface area contributed by atoms with E-state index in [1.165, 1.54) is 18.4 Å². The fourth-order valence-electron chi connectivity index (χ4n) is 3.17. The van der Waals surface area contributed by atoms with Crippen molar-refractivity contribution in [2.45, 2.75) is 19.3 Å². The van der Waals surface area contributed by atoms with E-state index in [0.717, 1.165) is 25.3 Å². The van der Waals surface area contributed by atoms with Gasteiger partial charge in [-0.3, -0.25) is 4.79 Å². The van der Waals surface area contributed by atoms with Crippen LogP contribution < -0.4 is 4.90 Å². The molecule has 1 N–H and O–H groups in total. The van der Waals surface area contributed by atoms with Gasteiger partial charge in [0, 0.05) is 32.4 Å². The third-order valence-corrected chi connectivity index (χ3v) is 4.60. The molecule has 0 radical (unpaired) electrons. The highest BCUT2D eigenvalue weighted by atomic mass is 16.3. The van der Waals surface area contributed by atoms with Crippen molar-refractivity contribution in [3.63, 3.8) is 0 Å². The van der Waals surface area contributed by atoms with E-state index in [9.17, 15) is 9.90 Å². The third-order valence-electron chi connectivity index (χ3n) is 4.60. The van der Waals surface area contributed by atoms with E-state index in [2.05, 4.69) is 9.88 Å². The number of carbonyl (C=O) groups is 1. The number of benzene rings is 1. The summed E-state index contributed by atoms with van der Waals surface area (Å²) in [6.07, 6.45) is 4.83. The molecule has 5 nitrogen and oxygen atoms in total. The van der Waals surface area contributed by atoms with Crippen molar-refractivity contribution in [1.82, 2.24) is 9.88 Å². The first-order chi connectivity index (χ1) is 12.3. The average Bonchev–Trinajstić information content (AvgIpc) is 3.20. The van der Waals surface area contributed by atoms with Crippen molar-refractivity contribution in [2.75, 3.05) is 37.7 Å². The Bertz CT molecular complexity index is 667. The zero-order valence-corrected chi connectivity index (χ0v) is 14.5. The molecule has 2 heterocycles. The van der Waals surface area contributed by atoms with Gasteiger partial charge in [0.1, 0.15) is 5.82 Å². The van der Waals surface area contributed by atoms with Crippen LogP contribution in [-0.2, 0) is 6.42 Å². The minimum Gasteiger partial charge on any atom is -0.395 e. The van der Waals surface area contributed by atoms with E-state index in [1.807, 2.05) is 42.5 Å². The molecule has 1 aromatic carbocycles. The summed E-state index contributed by atoms with van der Waals surface area (Å²) in [6, 6.07) is 13.8. The van der Waals surface area contributed by atoms with Crippen LogP contribution in [0.5, 0.6) is 0 Å². The van der Waals surface area contributed by atoms with E-state index in [0.29, 0.717) is 18.7 Å². The number of aliphatic hydroxyl groups is 1. The Balaban J connectivity index is 1.64. The van der Waals surface area contributed by atoms with Crippen LogP contribution in [0.25, 0.3) is 0 Å². The van der Waals surface area contributed by atoms with E-state index in [-0.39, 0.29) is 12.5 Å². The lowest BCUT2D eigenvalue weighted by atomic mass is 10.1. The number of aliphatic hydroxyl groups excluding tert-OH is 1. The van der Waals surface area contributed by atoms with Gasteiger partial charge in [-0.1, -0.05) is 30.3 Å². The number of hydrogen-bond donors (Lipinski definition) is 1. The molecule has 132 valence electrons. The average molecular weight is 339 g/mol. The van der Waals surface area contributed by atoms with Gasteiger partial charge in [-0.05, 0) is 37.0 Å². The molecule has 2 aromatic rings. The molecule has 3 rings (SSSR count). The number of hydrogen-bond acceptors (Lipinski definition) is 4. The highest BCUT2D eigenvalue weighted by Gasteiger charge is 2.18. The quantitative estimate of drug-likeness (QED) is 0.841. The van der Waals surface area contributed by atoms with Crippen molar-refractivity contribution in [1.29, 1.82) is 0 Å². The Morgan fingerprint density at radius 2 is 1.84 bits per heavy atom. The van der Waals surface area contributed by atoms with Gasteiger partial charge in [0.2, 0.25) is 0 Å². The van der Waals surface area contributed by atoms with Crippen LogP contribution in [-0.4, -0.2) is 53.7 Å². The van der Waals surface area contributed by atoms with Crippen LogP contribution in [0.2, 0.25) is 0 Å². The topological polar surface area (TPSA) is 56.7 Å². The molecule has 1 aromatic heterocycles. The maximum Gasteiger partial charge on any atom is 0.255 e. The van der Waals surface area contributed by atoms with Crippen LogP contribution >= 0.6 is 0 Å². The molecule has 0 unspecified atom stereocenters. The van der Waals surface area contributed by atoms with Gasteiger partial charge >= 0.3 is 0 Å². The first-order valence-electron chi connectivity index (χ1n) is 8.93. The highest BCUT2D eigenvalue weighted by molar-refractivity contribution is 5.94. The number of aromatic nitrogens is 1. The van der Waals surface area contributed by atoms with E-state index in [1.54, 1.807) is 11.1 Å². The maximum absolute atomic E-state index is 12.7. The molecule has 0 spiro atoms. The number of nitrogens with zero attached hydrogens (tertiary/aromatic N) is 3. The smallest absolute Gasteiger partial charge is 0.255 e. The molecular weight excluding hydrogens is 314 g/mol. The Kier molecular flexibility index (Phi) is 6.01. The Morgan fingerprint density at radius 1 is 1.08 bits per heavy atom. The Labute approximate surface area is 148 Å². The predicted molar refractivity (Wildman–Crippen MR) is 98.8 cm³/mol. The second-order valence-corrected chi connectivity index (χ2v) is 6.35. The number of pyridine rings is 1. The molecule has 1 fully saturated rings. The molecule has 0 aliphatic carbocycles. The summed E-state index contributed by atoms with van der Waals surface area (Å²) in [5.74, 6) is 0.859. The van der Waals surface area contributed by atoms with E-state index < -0.39 is 0 Å². The maximum atomic E-state index is 12.7. The molecular formula is C20H25N3O2. The van der Waals surface area contributed by atoms with Gasteiger partial charge < -0.3 is 14.9 Å². The van der Waals surface area contributed by atoms with Crippen LogP contribution in [0.1, 0.15) is 28.8 Å². The lowest BCUT2D eigenvalue weighted by molar-refractivity contribution is 0.0723. The van der Waals surface area contributed by atoms with Crippen molar-refractivity contribution in [3.05, 3.63) is 59.8 Å². The van der Waals surface area contributed by atoms with Gasteiger partial charge in [0.05, 0.1) is 12.2 Å². The van der Waals surface area contributed by atoms with Gasteiger partial charge in [-0.15, -0.1) is 0 Å². The fraction of sp³-hybridized carbons (Fsp3) is 0.400. The first-order valence-corrected chi connectivity index (χ1v) is 8.93. The molecule has 1 amide bonds. The summed E-state index contributed by atoms with van der Waals surface area (Å²) in [4.78, 5) is 21.1. The van der Waals surface area contributed by atoms with Crippen LogP contribution in [0, 0.1) is 0 Å². The normalized spacial score (nSPS) is 13.9. The first kappa shape index (κ1) is 17.4. The Hall–Kier alpha value is -2.40. The molecule has 5 heteroatoms. The van der Waals surface area contributed by atoms with Gasteiger partial charge in [0.15, 0.2) is 0 Å². The minimum absolute atomic E-state index is 0.0418. The highest BCUT2D eigenvalue weighted by Crippen LogP contribution is 2.18. The molecule has 0 atom stereocenters. The minimum atomic E-state index is -0.0783. The Morgan fingerprint density at radius 3 is 2.48 bits per heavy atom. The second-order valence-electron chi connectivity index (χ2n) is 6.35. The zero-order valence-electron chi connectivity index (χ0n) is 14.5. The van der Waals surface area contributed by atoms with Crippen molar-refractivity contribution < 1.29 is 9.90 Å². The third kappa shape index (κ3) is 4.57. The van der Waals surface area contributed by atoms with Crippen molar-refractivity contribution >= 4 is 11.7 Å². The summed E-state index contributed by atoms with van der Waals surface area (Å²) in [6.45, 7) is 2.94. The summed E-state index contributed by atoms with van der Waals surface area (Å²) in [7, 11) is 0. The largest absolute Gasteiger partial charge is 0.395 e. The molecule has 25 heavy (non-hydrogen) atoms. The number of rotatable bonds is 7. The summed E-state index contributed by atoms with van der Waals surface area (Å²) in [5, 5.41) is 9.30.